The van der Waals surface area contributed by atoms with Crippen molar-refractivity contribution in [2.45, 2.75) is 38.5 Å². The van der Waals surface area contributed by atoms with Gasteiger partial charge in [-0.05, 0) is 37.7 Å². The van der Waals surface area contributed by atoms with Gasteiger partial charge >= 0.3 is 5.97 Å². The molecule has 0 atom stereocenters. The van der Waals surface area contributed by atoms with Gasteiger partial charge < -0.3 is 10.4 Å². The molecule has 2 N–H and O–H groups in total. The Hall–Kier alpha value is -0.710. The molecule has 0 unspecified atom stereocenters. The molecule has 0 aliphatic carbocycles. The second-order valence-electron chi connectivity index (χ2n) is 3.65. The Morgan fingerprint density at radius 3 is 2.44 bits per heavy atom. The van der Waals surface area contributed by atoms with Crippen LogP contribution in [0.15, 0.2) is 0 Å². The van der Waals surface area contributed by atoms with Gasteiger partial charge in [0, 0.05) is 19.4 Å². The van der Waals surface area contributed by atoms with E-state index in [2.05, 4.69) is 11.6 Å². The summed E-state index contributed by atoms with van der Waals surface area (Å²) in [5.74, 6) is 0.376. The summed E-state index contributed by atoms with van der Waals surface area (Å²) in [5.41, 5.74) is 0. The van der Waals surface area contributed by atoms with Gasteiger partial charge in [0.2, 0.25) is 5.91 Å². The van der Waals surface area contributed by atoms with Crippen LogP contribution in [0.25, 0.3) is 0 Å². The number of carbonyl (C=O) groups is 2. The maximum Gasteiger partial charge on any atom is 0.303 e. The van der Waals surface area contributed by atoms with Gasteiger partial charge in [-0.2, -0.15) is 11.8 Å². The number of thioether (sulfide) groups is 1. The highest BCUT2D eigenvalue weighted by Crippen LogP contribution is 2.00. The lowest BCUT2D eigenvalue weighted by Gasteiger charge is -2.04. The molecule has 4 nitrogen and oxygen atoms in total. The first-order chi connectivity index (χ1) is 7.66. The van der Waals surface area contributed by atoms with Crippen LogP contribution in [0.1, 0.15) is 38.5 Å². The SMILES string of the molecule is CSCCCCNC(=O)CCCCC(=O)O. The summed E-state index contributed by atoms with van der Waals surface area (Å²) < 4.78 is 0. The minimum Gasteiger partial charge on any atom is -0.481 e. The zero-order chi connectivity index (χ0) is 12.2. The Bertz CT molecular complexity index is 209. The summed E-state index contributed by atoms with van der Waals surface area (Å²) in [6.07, 6.45) is 6.04. The normalized spacial score (nSPS) is 10.1. The van der Waals surface area contributed by atoms with Crippen LogP contribution in [0.4, 0.5) is 0 Å². The maximum absolute atomic E-state index is 11.3. The van der Waals surface area contributed by atoms with Crippen molar-refractivity contribution in [1.82, 2.24) is 5.32 Å². The van der Waals surface area contributed by atoms with Crippen molar-refractivity contribution < 1.29 is 14.7 Å². The van der Waals surface area contributed by atoms with Crippen LogP contribution in [0.5, 0.6) is 0 Å². The summed E-state index contributed by atoms with van der Waals surface area (Å²) >= 11 is 1.81. The number of amides is 1. The number of carboxylic acid groups (broad SMARTS) is 1. The Morgan fingerprint density at radius 2 is 1.81 bits per heavy atom. The van der Waals surface area contributed by atoms with Gasteiger partial charge in [-0.25, -0.2) is 0 Å². The van der Waals surface area contributed by atoms with Gasteiger partial charge in [0.1, 0.15) is 0 Å². The molecular weight excluding hydrogens is 226 g/mol. The summed E-state index contributed by atoms with van der Waals surface area (Å²) in [7, 11) is 0. The third-order valence-electron chi connectivity index (χ3n) is 2.14. The molecule has 94 valence electrons. The molecule has 5 heteroatoms. The molecule has 1 amide bonds. The Kier molecular flexibility index (Phi) is 10.3. The van der Waals surface area contributed by atoms with Crippen molar-refractivity contribution in [2.24, 2.45) is 0 Å². The zero-order valence-electron chi connectivity index (χ0n) is 9.83. The highest BCUT2D eigenvalue weighted by Gasteiger charge is 2.01. The predicted molar refractivity (Wildman–Crippen MR) is 66.7 cm³/mol. The maximum atomic E-state index is 11.3. The first-order valence-corrected chi connectivity index (χ1v) is 7.03. The minimum absolute atomic E-state index is 0.0366. The van der Waals surface area contributed by atoms with Crippen LogP contribution < -0.4 is 5.32 Å². The summed E-state index contributed by atoms with van der Waals surface area (Å²) in [4.78, 5) is 21.5. The molecular formula is C11H21NO3S. The van der Waals surface area contributed by atoms with Gasteiger partial charge in [-0.3, -0.25) is 9.59 Å². The molecule has 0 aromatic heterocycles. The van der Waals surface area contributed by atoms with E-state index >= 15 is 0 Å². The molecule has 0 aliphatic rings. The van der Waals surface area contributed by atoms with E-state index in [-0.39, 0.29) is 12.3 Å². The van der Waals surface area contributed by atoms with E-state index in [4.69, 9.17) is 5.11 Å². The van der Waals surface area contributed by atoms with E-state index in [9.17, 15) is 9.59 Å². The minimum atomic E-state index is -0.794. The smallest absolute Gasteiger partial charge is 0.303 e. The van der Waals surface area contributed by atoms with Gasteiger partial charge in [-0.1, -0.05) is 0 Å². The molecule has 0 radical (unpaired) electrons. The van der Waals surface area contributed by atoms with E-state index in [1.54, 1.807) is 0 Å². The predicted octanol–water partition coefficient (Wildman–Crippen LogP) is 1.89. The van der Waals surface area contributed by atoms with Crippen molar-refractivity contribution in [1.29, 1.82) is 0 Å². The lowest BCUT2D eigenvalue weighted by atomic mass is 10.2. The molecule has 16 heavy (non-hydrogen) atoms. The molecule has 0 aromatic carbocycles. The number of rotatable bonds is 10. The fourth-order valence-electron chi connectivity index (χ4n) is 1.25. The number of nitrogens with one attached hydrogen (secondary N) is 1. The lowest BCUT2D eigenvalue weighted by molar-refractivity contribution is -0.137. The summed E-state index contributed by atoms with van der Waals surface area (Å²) in [5, 5.41) is 11.2. The summed E-state index contributed by atoms with van der Waals surface area (Å²) in [6.45, 7) is 0.734. The number of carboxylic acids is 1. The molecule has 0 heterocycles. The molecule has 0 aromatic rings. The third kappa shape index (κ3) is 11.4. The average Bonchev–Trinajstić information content (AvgIpc) is 2.24. The van der Waals surface area contributed by atoms with E-state index in [1.165, 1.54) is 0 Å². The molecule has 0 spiro atoms. The van der Waals surface area contributed by atoms with Crippen molar-refractivity contribution in [2.75, 3.05) is 18.6 Å². The molecule has 0 aliphatic heterocycles. The first-order valence-electron chi connectivity index (χ1n) is 5.64. The Balaban J connectivity index is 3.21. The highest BCUT2D eigenvalue weighted by atomic mass is 32.2. The number of hydrogen-bond donors (Lipinski definition) is 2. The topological polar surface area (TPSA) is 66.4 Å². The molecule has 0 saturated heterocycles. The molecule has 0 saturated carbocycles. The number of carbonyl (C=O) groups excluding carboxylic acids is 1. The largest absolute Gasteiger partial charge is 0.481 e. The van der Waals surface area contributed by atoms with Gasteiger partial charge in [-0.15, -0.1) is 0 Å². The third-order valence-corrected chi connectivity index (χ3v) is 2.84. The Morgan fingerprint density at radius 1 is 1.12 bits per heavy atom. The van der Waals surface area contributed by atoms with E-state index < -0.39 is 5.97 Å². The van der Waals surface area contributed by atoms with Crippen molar-refractivity contribution in [3.63, 3.8) is 0 Å². The molecule has 0 fully saturated rings. The highest BCUT2D eigenvalue weighted by molar-refractivity contribution is 7.98. The number of unbranched alkanes of at least 4 members (excludes halogenated alkanes) is 2. The van der Waals surface area contributed by atoms with Crippen LogP contribution in [0, 0.1) is 0 Å². The lowest BCUT2D eigenvalue weighted by Crippen LogP contribution is -2.24. The monoisotopic (exact) mass is 247 g/mol. The van der Waals surface area contributed by atoms with E-state index in [0.717, 1.165) is 25.1 Å². The average molecular weight is 247 g/mol. The van der Waals surface area contributed by atoms with Gasteiger partial charge in [0.15, 0.2) is 0 Å². The summed E-state index contributed by atoms with van der Waals surface area (Å²) in [6, 6.07) is 0. The fourth-order valence-corrected chi connectivity index (χ4v) is 1.74. The van der Waals surface area contributed by atoms with Gasteiger partial charge in [0.05, 0.1) is 0 Å². The van der Waals surface area contributed by atoms with Crippen molar-refractivity contribution >= 4 is 23.6 Å². The standard InChI is InChI=1S/C11H21NO3S/c1-16-9-5-4-8-12-10(13)6-2-3-7-11(14)15/h2-9H2,1H3,(H,12,13)(H,14,15). The second-order valence-corrected chi connectivity index (χ2v) is 4.64. The van der Waals surface area contributed by atoms with E-state index in [1.807, 2.05) is 11.8 Å². The fraction of sp³-hybridized carbons (Fsp3) is 0.818. The van der Waals surface area contributed by atoms with E-state index in [0.29, 0.717) is 19.3 Å². The van der Waals surface area contributed by atoms with Gasteiger partial charge in [0.25, 0.3) is 0 Å². The van der Waals surface area contributed by atoms with Crippen LogP contribution >= 0.6 is 11.8 Å². The second kappa shape index (κ2) is 10.8. The quantitative estimate of drug-likeness (QED) is 0.579. The van der Waals surface area contributed by atoms with Crippen molar-refractivity contribution in [3.8, 4) is 0 Å². The number of hydrogen-bond acceptors (Lipinski definition) is 3. The zero-order valence-corrected chi connectivity index (χ0v) is 10.6. The molecule has 0 rings (SSSR count). The molecule has 0 bridgehead atoms. The van der Waals surface area contributed by atoms with Crippen LogP contribution in [0.2, 0.25) is 0 Å². The van der Waals surface area contributed by atoms with Crippen molar-refractivity contribution in [3.05, 3.63) is 0 Å². The van der Waals surface area contributed by atoms with Crippen LogP contribution in [-0.2, 0) is 9.59 Å². The Labute approximate surface area is 101 Å². The number of aliphatic carboxylic acids is 1. The first kappa shape index (κ1) is 15.3. The van der Waals surface area contributed by atoms with Crippen LogP contribution in [-0.4, -0.2) is 35.5 Å². The van der Waals surface area contributed by atoms with Crippen LogP contribution in [0.3, 0.4) is 0 Å².